The Kier molecular flexibility index (Phi) is 4.88. The van der Waals surface area contributed by atoms with Crippen LogP contribution in [-0.2, 0) is 11.2 Å². The van der Waals surface area contributed by atoms with Crippen LogP contribution in [0.15, 0.2) is 12.1 Å². The molecule has 162 valence electrons. The molecule has 3 amide bonds. The number of methoxy groups -OCH3 is 2. The molecule has 1 N–H and O–H groups in total. The van der Waals surface area contributed by atoms with Gasteiger partial charge in [-0.3, -0.25) is 14.6 Å². The van der Waals surface area contributed by atoms with Gasteiger partial charge in [0.15, 0.2) is 11.5 Å². The first-order valence-electron chi connectivity index (χ1n) is 11.2. The number of hydrogen-bond donors (Lipinski definition) is 1. The van der Waals surface area contributed by atoms with E-state index in [1.807, 2.05) is 0 Å². The van der Waals surface area contributed by atoms with Crippen LogP contribution in [0.3, 0.4) is 0 Å². The number of amides is 3. The summed E-state index contributed by atoms with van der Waals surface area (Å²) in [7, 11) is 3.30. The highest BCUT2D eigenvalue weighted by Gasteiger charge is 2.56. The van der Waals surface area contributed by atoms with E-state index in [1.165, 1.54) is 17.5 Å². The largest absolute Gasteiger partial charge is 0.493 e. The standard InChI is InChI=1S/C23H31N3O4/c1-29-19-12-15-8-10-25-11-9-23(14-18(25)17(15)13-20(19)30-2)21(27)26(22(28)24-23)16-6-4-3-5-7-16/h12-13,16,18H,3-11,14H2,1-2H3,(H,24,28)/t18-,23+/m0/s1. The first-order chi connectivity index (χ1) is 14.6. The molecule has 0 radical (unpaired) electrons. The van der Waals surface area contributed by atoms with Crippen molar-refractivity contribution in [2.24, 2.45) is 0 Å². The van der Waals surface area contributed by atoms with Gasteiger partial charge in [0.1, 0.15) is 5.54 Å². The van der Waals surface area contributed by atoms with Crippen LogP contribution >= 0.6 is 0 Å². The van der Waals surface area contributed by atoms with E-state index in [1.54, 1.807) is 19.1 Å². The van der Waals surface area contributed by atoms with E-state index in [0.29, 0.717) is 18.6 Å². The van der Waals surface area contributed by atoms with Crippen molar-refractivity contribution >= 4 is 11.9 Å². The Balaban J connectivity index is 1.45. The molecule has 5 rings (SSSR count). The zero-order chi connectivity index (χ0) is 20.9. The third-order valence-electron chi connectivity index (χ3n) is 7.61. The maximum atomic E-state index is 13.6. The van der Waals surface area contributed by atoms with Crippen LogP contribution in [0.25, 0.3) is 0 Å². The van der Waals surface area contributed by atoms with Gasteiger partial charge in [0.05, 0.1) is 14.2 Å². The number of urea groups is 1. The van der Waals surface area contributed by atoms with Gasteiger partial charge in [-0.1, -0.05) is 19.3 Å². The van der Waals surface area contributed by atoms with Gasteiger partial charge < -0.3 is 14.8 Å². The lowest BCUT2D eigenvalue weighted by Crippen LogP contribution is -2.57. The number of hydrogen-bond acceptors (Lipinski definition) is 5. The fraction of sp³-hybridized carbons (Fsp3) is 0.652. The molecule has 3 fully saturated rings. The van der Waals surface area contributed by atoms with Gasteiger partial charge in [0.2, 0.25) is 0 Å². The lowest BCUT2D eigenvalue weighted by molar-refractivity contribution is -0.136. The van der Waals surface area contributed by atoms with Gasteiger partial charge in [-0.2, -0.15) is 0 Å². The quantitative estimate of drug-likeness (QED) is 0.772. The average Bonchev–Trinajstić information content (AvgIpc) is 3.02. The lowest BCUT2D eigenvalue weighted by Gasteiger charge is -2.46. The van der Waals surface area contributed by atoms with Crippen molar-refractivity contribution in [3.8, 4) is 11.5 Å². The SMILES string of the molecule is COc1cc2c(cc1OC)[C@@H]1C[C@@]3(CCN1CC2)NC(=O)N(C1CCCCC1)C3=O. The number of rotatable bonds is 3. The Labute approximate surface area is 177 Å². The molecule has 2 atom stereocenters. The van der Waals surface area contributed by atoms with Crippen molar-refractivity contribution in [2.75, 3.05) is 27.3 Å². The second-order valence-corrected chi connectivity index (χ2v) is 9.14. The minimum Gasteiger partial charge on any atom is -0.493 e. The summed E-state index contributed by atoms with van der Waals surface area (Å²) >= 11 is 0. The molecule has 3 heterocycles. The molecule has 2 saturated heterocycles. The third-order valence-corrected chi connectivity index (χ3v) is 7.61. The number of carbonyl (C=O) groups excluding carboxylic acids is 2. The summed E-state index contributed by atoms with van der Waals surface area (Å²) in [6.07, 6.45) is 7.51. The predicted molar refractivity (Wildman–Crippen MR) is 112 cm³/mol. The summed E-state index contributed by atoms with van der Waals surface area (Å²) in [5.74, 6) is 1.44. The Hall–Kier alpha value is -2.28. The first-order valence-corrected chi connectivity index (χ1v) is 11.2. The van der Waals surface area contributed by atoms with Crippen molar-refractivity contribution in [2.45, 2.75) is 69.0 Å². The molecular formula is C23H31N3O4. The number of benzene rings is 1. The van der Waals surface area contributed by atoms with E-state index in [-0.39, 0.29) is 24.0 Å². The van der Waals surface area contributed by atoms with Crippen molar-refractivity contribution in [1.29, 1.82) is 0 Å². The van der Waals surface area contributed by atoms with E-state index in [0.717, 1.165) is 50.9 Å². The maximum absolute atomic E-state index is 13.6. The predicted octanol–water partition coefficient (Wildman–Crippen LogP) is 3.02. The van der Waals surface area contributed by atoms with Gasteiger partial charge >= 0.3 is 6.03 Å². The molecule has 1 aromatic carbocycles. The molecule has 7 nitrogen and oxygen atoms in total. The van der Waals surface area contributed by atoms with E-state index >= 15 is 0 Å². The summed E-state index contributed by atoms with van der Waals surface area (Å²) in [6.45, 7) is 1.76. The number of carbonyl (C=O) groups is 2. The molecule has 7 heteroatoms. The van der Waals surface area contributed by atoms with E-state index in [4.69, 9.17) is 9.47 Å². The molecule has 0 bridgehead atoms. The normalized spacial score (nSPS) is 29.5. The molecule has 0 unspecified atom stereocenters. The zero-order valence-electron chi connectivity index (χ0n) is 17.9. The number of fused-ring (bicyclic) bond motifs is 3. The Morgan fingerprint density at radius 1 is 1.03 bits per heavy atom. The summed E-state index contributed by atoms with van der Waals surface area (Å²) in [4.78, 5) is 30.5. The molecule has 1 aromatic rings. The average molecular weight is 414 g/mol. The summed E-state index contributed by atoms with van der Waals surface area (Å²) < 4.78 is 11.0. The molecule has 30 heavy (non-hydrogen) atoms. The monoisotopic (exact) mass is 413 g/mol. The Morgan fingerprint density at radius 2 is 1.77 bits per heavy atom. The van der Waals surface area contributed by atoms with Gasteiger partial charge in [-0.05, 0) is 55.4 Å². The second kappa shape index (κ2) is 7.45. The summed E-state index contributed by atoms with van der Waals surface area (Å²) in [5.41, 5.74) is 1.65. The van der Waals surface area contributed by atoms with Crippen LogP contribution in [-0.4, -0.2) is 60.6 Å². The number of ether oxygens (including phenoxy) is 2. The van der Waals surface area contributed by atoms with Gasteiger partial charge in [0, 0.05) is 25.2 Å². The first kappa shape index (κ1) is 19.7. The van der Waals surface area contributed by atoms with E-state index in [2.05, 4.69) is 22.3 Å². The number of imide groups is 1. The molecule has 1 saturated carbocycles. The van der Waals surface area contributed by atoms with Gasteiger partial charge in [0.25, 0.3) is 5.91 Å². The highest BCUT2D eigenvalue weighted by Crippen LogP contribution is 2.46. The van der Waals surface area contributed by atoms with Crippen molar-refractivity contribution in [1.82, 2.24) is 15.1 Å². The Bertz CT molecular complexity index is 866. The highest BCUT2D eigenvalue weighted by atomic mass is 16.5. The molecule has 0 aromatic heterocycles. The summed E-state index contributed by atoms with van der Waals surface area (Å²) in [5, 5.41) is 3.14. The smallest absolute Gasteiger partial charge is 0.325 e. The van der Waals surface area contributed by atoms with E-state index in [9.17, 15) is 9.59 Å². The molecule has 1 spiro atoms. The van der Waals surface area contributed by atoms with Gasteiger partial charge in [-0.15, -0.1) is 0 Å². The molecule has 4 aliphatic rings. The molecule has 3 aliphatic heterocycles. The minimum absolute atomic E-state index is 0.00773. The fourth-order valence-corrected chi connectivity index (χ4v) is 5.97. The van der Waals surface area contributed by atoms with Crippen LogP contribution in [0.5, 0.6) is 11.5 Å². The number of nitrogens with zero attached hydrogens (tertiary/aromatic N) is 2. The van der Waals surface area contributed by atoms with Crippen molar-refractivity contribution < 1.29 is 19.1 Å². The van der Waals surface area contributed by atoms with E-state index < -0.39 is 5.54 Å². The van der Waals surface area contributed by atoms with Crippen LogP contribution in [0.4, 0.5) is 4.79 Å². The second-order valence-electron chi connectivity index (χ2n) is 9.14. The van der Waals surface area contributed by atoms with Crippen molar-refractivity contribution in [3.63, 3.8) is 0 Å². The van der Waals surface area contributed by atoms with Crippen LogP contribution in [0.1, 0.15) is 62.1 Å². The number of piperidine rings is 1. The van der Waals surface area contributed by atoms with Crippen LogP contribution < -0.4 is 14.8 Å². The van der Waals surface area contributed by atoms with Crippen LogP contribution in [0.2, 0.25) is 0 Å². The fourth-order valence-electron chi connectivity index (χ4n) is 5.97. The number of nitrogens with one attached hydrogen (secondary N) is 1. The molecule has 1 aliphatic carbocycles. The van der Waals surface area contributed by atoms with Crippen molar-refractivity contribution in [3.05, 3.63) is 23.3 Å². The topological polar surface area (TPSA) is 71.1 Å². The Morgan fingerprint density at radius 3 is 2.50 bits per heavy atom. The maximum Gasteiger partial charge on any atom is 0.325 e. The third kappa shape index (κ3) is 2.97. The lowest BCUT2D eigenvalue weighted by atomic mass is 9.77. The van der Waals surface area contributed by atoms with Gasteiger partial charge in [-0.25, -0.2) is 4.79 Å². The molecular weight excluding hydrogens is 382 g/mol. The van der Waals surface area contributed by atoms with Crippen LogP contribution in [0, 0.1) is 0 Å². The zero-order valence-corrected chi connectivity index (χ0v) is 17.9. The summed E-state index contributed by atoms with van der Waals surface area (Å²) in [6, 6.07) is 4.09. The minimum atomic E-state index is -0.780. The highest BCUT2D eigenvalue weighted by molar-refractivity contribution is 6.07.